The van der Waals surface area contributed by atoms with Crippen molar-refractivity contribution in [2.24, 2.45) is 5.92 Å². The number of carbonyl (C=O) groups is 1. The van der Waals surface area contributed by atoms with Gasteiger partial charge in [0.15, 0.2) is 17.5 Å². The van der Waals surface area contributed by atoms with Crippen molar-refractivity contribution in [1.82, 2.24) is 15.3 Å². The Bertz CT molecular complexity index is 1060. The summed E-state index contributed by atoms with van der Waals surface area (Å²) in [5, 5.41) is 18.1. The van der Waals surface area contributed by atoms with Gasteiger partial charge in [-0.05, 0) is 53.0 Å². The molecule has 1 amide bonds. The molecule has 3 N–H and O–H groups in total. The third kappa shape index (κ3) is 7.83. The van der Waals surface area contributed by atoms with Gasteiger partial charge in [-0.3, -0.25) is 4.98 Å². The second-order valence-electron chi connectivity index (χ2n) is 9.56. The van der Waals surface area contributed by atoms with Gasteiger partial charge in [0.2, 0.25) is 0 Å². The number of aryl methyl sites for hydroxylation is 1. The fourth-order valence-corrected chi connectivity index (χ4v) is 3.15. The standard InChI is InChI=1S/C24H32F2N6O2/c1-13(2)8-20(15(4)29-23(33)34-24(5,6)7)31-22-19(26)9-16(11-27)21(32-22)30-17-10-18(25)14(3)28-12-17/h9-10,12-13,15,20H,8H2,1-7H3,(H,29,33)(H2,30,31,32)/t15-,20+/m0/s1. The first kappa shape index (κ1) is 26.8. The van der Waals surface area contributed by atoms with Gasteiger partial charge in [0, 0.05) is 18.2 Å². The summed E-state index contributed by atoms with van der Waals surface area (Å²) < 4.78 is 34.0. The Morgan fingerprint density at radius 3 is 2.41 bits per heavy atom. The lowest BCUT2D eigenvalue weighted by atomic mass is 9.98. The number of amides is 1. The number of hydrogen-bond donors (Lipinski definition) is 3. The Labute approximate surface area is 199 Å². The number of carbonyl (C=O) groups excluding carboxylic acids is 1. The fraction of sp³-hybridized carbons (Fsp3) is 0.500. The molecule has 2 heterocycles. The summed E-state index contributed by atoms with van der Waals surface area (Å²) in [4.78, 5) is 20.4. The zero-order valence-electron chi connectivity index (χ0n) is 20.6. The number of aromatic nitrogens is 2. The van der Waals surface area contributed by atoms with E-state index in [1.54, 1.807) is 27.7 Å². The van der Waals surface area contributed by atoms with Gasteiger partial charge in [-0.1, -0.05) is 13.8 Å². The lowest BCUT2D eigenvalue weighted by Gasteiger charge is -2.29. The summed E-state index contributed by atoms with van der Waals surface area (Å²) in [5.41, 5.74) is -0.215. The van der Waals surface area contributed by atoms with Crippen molar-refractivity contribution < 1.29 is 18.3 Å². The maximum atomic E-state index is 14.8. The van der Waals surface area contributed by atoms with Gasteiger partial charge in [-0.15, -0.1) is 0 Å². The van der Waals surface area contributed by atoms with Crippen LogP contribution in [0.25, 0.3) is 0 Å². The molecule has 2 aromatic heterocycles. The predicted octanol–water partition coefficient (Wildman–Crippen LogP) is 5.42. The van der Waals surface area contributed by atoms with E-state index in [-0.39, 0.29) is 34.5 Å². The summed E-state index contributed by atoms with van der Waals surface area (Å²) in [6.45, 7) is 12.6. The Morgan fingerprint density at radius 2 is 1.85 bits per heavy atom. The number of pyridine rings is 2. The molecule has 0 aliphatic rings. The smallest absolute Gasteiger partial charge is 0.407 e. The van der Waals surface area contributed by atoms with Gasteiger partial charge in [0.05, 0.1) is 23.1 Å². The quantitative estimate of drug-likeness (QED) is 0.468. The molecule has 0 fully saturated rings. The second-order valence-corrected chi connectivity index (χ2v) is 9.56. The number of halogens is 2. The molecule has 10 heteroatoms. The molecule has 0 aromatic carbocycles. The zero-order chi connectivity index (χ0) is 25.6. The van der Waals surface area contributed by atoms with Gasteiger partial charge in [0.1, 0.15) is 17.5 Å². The minimum Gasteiger partial charge on any atom is -0.444 e. The molecular weight excluding hydrogens is 442 g/mol. The van der Waals surface area contributed by atoms with Crippen molar-refractivity contribution in [2.45, 2.75) is 72.6 Å². The maximum Gasteiger partial charge on any atom is 0.407 e. The van der Waals surface area contributed by atoms with Crippen molar-refractivity contribution in [3.8, 4) is 6.07 Å². The number of nitrogens with one attached hydrogen (secondary N) is 3. The molecule has 0 bridgehead atoms. The molecule has 8 nitrogen and oxygen atoms in total. The van der Waals surface area contributed by atoms with Gasteiger partial charge >= 0.3 is 6.09 Å². The lowest BCUT2D eigenvalue weighted by molar-refractivity contribution is 0.0501. The third-order valence-corrected chi connectivity index (χ3v) is 4.78. The molecule has 184 valence electrons. The van der Waals surface area contributed by atoms with Gasteiger partial charge in [0.25, 0.3) is 0 Å². The largest absolute Gasteiger partial charge is 0.444 e. The summed E-state index contributed by atoms with van der Waals surface area (Å²) in [5.74, 6) is -1.09. The molecule has 0 aliphatic carbocycles. The highest BCUT2D eigenvalue weighted by Crippen LogP contribution is 2.25. The summed E-state index contributed by atoms with van der Waals surface area (Å²) >= 11 is 0. The van der Waals surface area contributed by atoms with Crippen molar-refractivity contribution in [3.63, 3.8) is 0 Å². The van der Waals surface area contributed by atoms with E-state index in [0.29, 0.717) is 6.42 Å². The van der Waals surface area contributed by atoms with Crippen molar-refractivity contribution >= 4 is 23.4 Å². The predicted molar refractivity (Wildman–Crippen MR) is 127 cm³/mol. The second kappa shape index (κ2) is 11.1. The summed E-state index contributed by atoms with van der Waals surface area (Å²) in [6, 6.07) is 3.33. The van der Waals surface area contributed by atoms with E-state index in [9.17, 15) is 18.8 Å². The lowest BCUT2D eigenvalue weighted by Crippen LogP contribution is -2.47. The highest BCUT2D eigenvalue weighted by Gasteiger charge is 2.25. The average Bonchev–Trinajstić information content (AvgIpc) is 2.70. The third-order valence-electron chi connectivity index (χ3n) is 4.78. The molecule has 2 atom stereocenters. The zero-order valence-corrected chi connectivity index (χ0v) is 20.6. The Hall–Kier alpha value is -3.48. The van der Waals surface area contributed by atoms with E-state index in [2.05, 4.69) is 25.9 Å². The van der Waals surface area contributed by atoms with Crippen LogP contribution in [0.4, 0.5) is 30.9 Å². The molecule has 0 radical (unpaired) electrons. The number of anilines is 3. The minimum atomic E-state index is -0.728. The van der Waals surface area contributed by atoms with E-state index in [1.165, 1.54) is 19.2 Å². The van der Waals surface area contributed by atoms with Crippen LogP contribution in [0.2, 0.25) is 0 Å². The number of hydrogen-bond acceptors (Lipinski definition) is 7. The molecule has 0 aliphatic heterocycles. The molecule has 0 saturated heterocycles. The van der Waals surface area contributed by atoms with Crippen LogP contribution in [0, 0.1) is 35.8 Å². The Morgan fingerprint density at radius 1 is 1.18 bits per heavy atom. The summed E-state index contributed by atoms with van der Waals surface area (Å²) in [6.07, 6.45) is 1.40. The van der Waals surface area contributed by atoms with E-state index in [4.69, 9.17) is 4.74 Å². The fourth-order valence-electron chi connectivity index (χ4n) is 3.15. The monoisotopic (exact) mass is 474 g/mol. The first-order valence-electron chi connectivity index (χ1n) is 11.0. The van der Waals surface area contributed by atoms with Crippen LogP contribution < -0.4 is 16.0 Å². The normalized spacial score (nSPS) is 13.1. The number of ether oxygens (including phenoxy) is 1. The van der Waals surface area contributed by atoms with Crippen molar-refractivity contribution in [1.29, 1.82) is 5.26 Å². The molecule has 2 aromatic rings. The van der Waals surface area contributed by atoms with Gasteiger partial charge in [-0.25, -0.2) is 18.6 Å². The SMILES string of the molecule is Cc1ncc(Nc2nc(N[C@H](CC(C)C)[C@H](C)NC(=O)OC(C)(C)C)c(F)cc2C#N)cc1F. The Kier molecular flexibility index (Phi) is 8.74. The van der Waals surface area contributed by atoms with Gasteiger partial charge < -0.3 is 20.7 Å². The molecule has 0 saturated carbocycles. The highest BCUT2D eigenvalue weighted by atomic mass is 19.1. The highest BCUT2D eigenvalue weighted by molar-refractivity contribution is 5.68. The number of nitrogens with zero attached hydrogens (tertiary/aromatic N) is 3. The molecule has 2 rings (SSSR count). The van der Waals surface area contributed by atoms with Gasteiger partial charge in [-0.2, -0.15) is 5.26 Å². The van der Waals surface area contributed by atoms with Crippen LogP contribution in [0.1, 0.15) is 59.2 Å². The van der Waals surface area contributed by atoms with Crippen LogP contribution in [0.3, 0.4) is 0 Å². The Balaban J connectivity index is 2.31. The van der Waals surface area contributed by atoms with E-state index < -0.39 is 35.4 Å². The topological polar surface area (TPSA) is 112 Å². The van der Waals surface area contributed by atoms with Crippen LogP contribution >= 0.6 is 0 Å². The summed E-state index contributed by atoms with van der Waals surface area (Å²) in [7, 11) is 0. The number of nitriles is 1. The van der Waals surface area contributed by atoms with E-state index in [0.717, 1.165) is 6.07 Å². The molecule has 34 heavy (non-hydrogen) atoms. The van der Waals surface area contributed by atoms with Crippen LogP contribution in [-0.4, -0.2) is 33.7 Å². The molecular formula is C24H32F2N6O2. The number of alkyl carbamates (subject to hydrolysis) is 1. The van der Waals surface area contributed by atoms with Crippen molar-refractivity contribution in [3.05, 3.63) is 41.2 Å². The van der Waals surface area contributed by atoms with E-state index >= 15 is 0 Å². The molecule has 0 spiro atoms. The average molecular weight is 475 g/mol. The minimum absolute atomic E-state index is 0.0486. The van der Waals surface area contributed by atoms with E-state index in [1.807, 2.05) is 19.9 Å². The maximum absolute atomic E-state index is 14.8. The first-order chi connectivity index (χ1) is 15.8. The van der Waals surface area contributed by atoms with Crippen molar-refractivity contribution in [2.75, 3.05) is 10.6 Å². The first-order valence-corrected chi connectivity index (χ1v) is 11.0. The van der Waals surface area contributed by atoms with Crippen LogP contribution in [0.5, 0.6) is 0 Å². The molecule has 0 unspecified atom stereocenters. The van der Waals surface area contributed by atoms with Crippen LogP contribution in [-0.2, 0) is 4.74 Å². The number of rotatable bonds is 8. The van der Waals surface area contributed by atoms with Crippen LogP contribution in [0.15, 0.2) is 18.3 Å².